The van der Waals surface area contributed by atoms with Crippen molar-refractivity contribution >= 4 is 27.5 Å². The van der Waals surface area contributed by atoms with E-state index in [2.05, 4.69) is 29.6 Å². The van der Waals surface area contributed by atoms with Crippen LogP contribution >= 0.6 is 11.8 Å². The van der Waals surface area contributed by atoms with E-state index in [1.165, 1.54) is 4.90 Å². The Kier molecular flexibility index (Phi) is 6.11. The SMILES string of the molecule is CSc1ccc(CN(C)[C@H](C)C(=O)N[C@H]2CCS(=O)(=O)C2)cc1. The van der Waals surface area contributed by atoms with E-state index < -0.39 is 9.84 Å². The summed E-state index contributed by atoms with van der Waals surface area (Å²) >= 11 is 1.70. The first kappa shape index (κ1) is 18.3. The van der Waals surface area contributed by atoms with Crippen molar-refractivity contribution in [2.45, 2.75) is 36.9 Å². The van der Waals surface area contributed by atoms with Crippen LogP contribution in [-0.2, 0) is 21.2 Å². The maximum Gasteiger partial charge on any atom is 0.237 e. The third kappa shape index (κ3) is 5.22. The second kappa shape index (κ2) is 7.68. The quantitative estimate of drug-likeness (QED) is 0.783. The van der Waals surface area contributed by atoms with Crippen LogP contribution in [-0.4, -0.2) is 56.1 Å². The second-order valence-corrected chi connectivity index (χ2v) is 9.16. The minimum absolute atomic E-state index is 0.0608. The van der Waals surface area contributed by atoms with Crippen LogP contribution in [0, 0.1) is 0 Å². The normalized spacial score (nSPS) is 21.3. The summed E-state index contributed by atoms with van der Waals surface area (Å²) in [6, 6.07) is 7.72. The summed E-state index contributed by atoms with van der Waals surface area (Å²) < 4.78 is 22.9. The highest BCUT2D eigenvalue weighted by Crippen LogP contribution is 2.16. The van der Waals surface area contributed by atoms with Gasteiger partial charge in [-0.15, -0.1) is 11.8 Å². The highest BCUT2D eigenvalue weighted by atomic mass is 32.2. The smallest absolute Gasteiger partial charge is 0.237 e. The van der Waals surface area contributed by atoms with Crippen molar-refractivity contribution in [2.24, 2.45) is 0 Å². The zero-order chi connectivity index (χ0) is 17.0. The minimum Gasteiger partial charge on any atom is -0.351 e. The number of hydrogen-bond acceptors (Lipinski definition) is 5. The van der Waals surface area contributed by atoms with Gasteiger partial charge in [-0.05, 0) is 44.3 Å². The number of carbonyl (C=O) groups is 1. The minimum atomic E-state index is -2.97. The molecule has 0 radical (unpaired) electrons. The number of rotatable bonds is 6. The van der Waals surface area contributed by atoms with Gasteiger partial charge in [0, 0.05) is 17.5 Å². The van der Waals surface area contributed by atoms with Gasteiger partial charge >= 0.3 is 0 Å². The van der Waals surface area contributed by atoms with Crippen molar-refractivity contribution < 1.29 is 13.2 Å². The van der Waals surface area contributed by atoms with E-state index in [0.29, 0.717) is 13.0 Å². The third-order valence-corrected chi connectivity index (χ3v) is 6.72. The maximum atomic E-state index is 12.3. The Morgan fingerprint density at radius 1 is 1.39 bits per heavy atom. The number of thioether (sulfide) groups is 1. The molecule has 1 fully saturated rings. The Morgan fingerprint density at radius 2 is 2.04 bits per heavy atom. The standard InChI is InChI=1S/C16H24N2O3S2/c1-12(16(19)17-14-8-9-23(20,21)11-14)18(2)10-13-4-6-15(22-3)7-5-13/h4-7,12,14H,8-11H2,1-3H3,(H,17,19)/t12-,14+/m1/s1. The lowest BCUT2D eigenvalue weighted by molar-refractivity contribution is -0.126. The van der Waals surface area contributed by atoms with Gasteiger partial charge in [-0.25, -0.2) is 8.42 Å². The molecular weight excluding hydrogens is 332 g/mol. The van der Waals surface area contributed by atoms with Crippen LogP contribution in [0.4, 0.5) is 0 Å². The maximum absolute atomic E-state index is 12.3. The molecule has 0 spiro atoms. The fourth-order valence-corrected chi connectivity index (χ4v) is 4.67. The van der Waals surface area contributed by atoms with Crippen molar-refractivity contribution in [3.05, 3.63) is 29.8 Å². The van der Waals surface area contributed by atoms with Crippen molar-refractivity contribution in [2.75, 3.05) is 24.8 Å². The highest BCUT2D eigenvalue weighted by Gasteiger charge is 2.30. The number of benzene rings is 1. The summed E-state index contributed by atoms with van der Waals surface area (Å²) in [5.74, 6) is 0.116. The van der Waals surface area contributed by atoms with Gasteiger partial charge in [0.2, 0.25) is 5.91 Å². The Morgan fingerprint density at radius 3 is 2.57 bits per heavy atom. The van der Waals surface area contributed by atoms with Crippen LogP contribution in [0.1, 0.15) is 18.9 Å². The molecule has 1 amide bonds. The average Bonchev–Trinajstić information content (AvgIpc) is 2.85. The molecule has 0 saturated carbocycles. The number of amides is 1. The van der Waals surface area contributed by atoms with E-state index >= 15 is 0 Å². The van der Waals surface area contributed by atoms with Crippen molar-refractivity contribution in [3.8, 4) is 0 Å². The van der Waals surface area contributed by atoms with Crippen LogP contribution in [0.3, 0.4) is 0 Å². The molecule has 7 heteroatoms. The Hall–Kier alpha value is -1.05. The lowest BCUT2D eigenvalue weighted by Gasteiger charge is -2.25. The summed E-state index contributed by atoms with van der Waals surface area (Å²) in [6.07, 6.45) is 2.55. The van der Waals surface area contributed by atoms with Gasteiger partial charge in [0.15, 0.2) is 9.84 Å². The number of nitrogens with one attached hydrogen (secondary N) is 1. The van der Waals surface area contributed by atoms with Crippen molar-refractivity contribution in [1.82, 2.24) is 10.2 Å². The third-order valence-electron chi connectivity index (χ3n) is 4.21. The molecular formula is C16H24N2O3S2. The molecule has 2 rings (SSSR count). The molecule has 1 aromatic carbocycles. The predicted octanol–water partition coefficient (Wildman–Crippen LogP) is 1.53. The molecule has 1 saturated heterocycles. The molecule has 1 aliphatic heterocycles. The van der Waals surface area contributed by atoms with Gasteiger partial charge in [0.1, 0.15) is 0 Å². The Labute approximate surface area is 142 Å². The fourth-order valence-electron chi connectivity index (χ4n) is 2.59. The molecule has 23 heavy (non-hydrogen) atoms. The first-order valence-electron chi connectivity index (χ1n) is 7.64. The molecule has 0 aromatic heterocycles. The van der Waals surface area contributed by atoms with E-state index in [4.69, 9.17) is 0 Å². The summed E-state index contributed by atoms with van der Waals surface area (Å²) in [6.45, 7) is 2.52. The number of carbonyl (C=O) groups excluding carboxylic acids is 1. The molecule has 0 bridgehead atoms. The summed E-state index contributed by atoms with van der Waals surface area (Å²) in [4.78, 5) is 15.5. The monoisotopic (exact) mass is 356 g/mol. The summed E-state index contributed by atoms with van der Waals surface area (Å²) in [7, 11) is -1.07. The Bertz CT molecular complexity index is 644. The molecule has 1 heterocycles. The van der Waals surface area contributed by atoms with E-state index in [9.17, 15) is 13.2 Å². The summed E-state index contributed by atoms with van der Waals surface area (Å²) in [5, 5.41) is 2.86. The van der Waals surface area contributed by atoms with E-state index in [0.717, 1.165) is 5.56 Å². The van der Waals surface area contributed by atoms with Gasteiger partial charge in [-0.3, -0.25) is 9.69 Å². The Balaban J connectivity index is 1.88. The highest BCUT2D eigenvalue weighted by molar-refractivity contribution is 7.98. The largest absolute Gasteiger partial charge is 0.351 e. The number of nitrogens with zero attached hydrogens (tertiary/aromatic N) is 1. The molecule has 128 valence electrons. The molecule has 1 N–H and O–H groups in total. The first-order chi connectivity index (χ1) is 10.8. The summed E-state index contributed by atoms with van der Waals surface area (Å²) in [5.41, 5.74) is 1.15. The van der Waals surface area contributed by atoms with Gasteiger partial charge in [-0.1, -0.05) is 12.1 Å². The number of likely N-dealkylation sites (N-methyl/N-ethyl adjacent to an activating group) is 1. The van der Waals surface area contributed by atoms with Crippen LogP contribution in [0.15, 0.2) is 29.2 Å². The van der Waals surface area contributed by atoms with Crippen LogP contribution < -0.4 is 5.32 Å². The molecule has 5 nitrogen and oxygen atoms in total. The predicted molar refractivity (Wildman–Crippen MR) is 94.4 cm³/mol. The zero-order valence-corrected chi connectivity index (χ0v) is 15.4. The number of hydrogen-bond donors (Lipinski definition) is 1. The lowest BCUT2D eigenvalue weighted by atomic mass is 10.1. The molecule has 0 unspecified atom stereocenters. The molecule has 1 aromatic rings. The number of sulfone groups is 1. The van der Waals surface area contributed by atoms with Crippen LogP contribution in [0.2, 0.25) is 0 Å². The first-order valence-corrected chi connectivity index (χ1v) is 10.7. The lowest BCUT2D eigenvalue weighted by Crippen LogP contribution is -2.47. The van der Waals surface area contributed by atoms with Gasteiger partial charge in [-0.2, -0.15) is 0 Å². The van der Waals surface area contributed by atoms with Gasteiger partial charge in [0.05, 0.1) is 17.5 Å². The van der Waals surface area contributed by atoms with Crippen LogP contribution in [0.5, 0.6) is 0 Å². The average molecular weight is 357 g/mol. The van der Waals surface area contributed by atoms with Gasteiger partial charge in [0.25, 0.3) is 0 Å². The van der Waals surface area contributed by atoms with Crippen molar-refractivity contribution in [1.29, 1.82) is 0 Å². The fraction of sp³-hybridized carbons (Fsp3) is 0.562. The molecule has 1 aliphatic rings. The van der Waals surface area contributed by atoms with E-state index in [1.807, 2.05) is 25.1 Å². The van der Waals surface area contributed by atoms with Gasteiger partial charge < -0.3 is 5.32 Å². The van der Waals surface area contributed by atoms with Crippen molar-refractivity contribution in [3.63, 3.8) is 0 Å². The van der Waals surface area contributed by atoms with Crippen LogP contribution in [0.25, 0.3) is 0 Å². The molecule has 0 aliphatic carbocycles. The van der Waals surface area contributed by atoms with E-state index in [-0.39, 0.29) is 29.5 Å². The second-order valence-electron chi connectivity index (χ2n) is 6.05. The molecule has 2 atom stereocenters. The van der Waals surface area contributed by atoms with E-state index in [1.54, 1.807) is 11.8 Å². The topological polar surface area (TPSA) is 66.5 Å². The zero-order valence-electron chi connectivity index (χ0n) is 13.8.